The Balaban J connectivity index is 1.78. The van der Waals surface area contributed by atoms with E-state index in [-0.39, 0.29) is 25.3 Å². The van der Waals surface area contributed by atoms with Crippen LogP contribution in [-0.4, -0.2) is 54.7 Å². The summed E-state index contributed by atoms with van der Waals surface area (Å²) in [4.78, 5) is 27.2. The van der Waals surface area contributed by atoms with Crippen molar-refractivity contribution in [2.45, 2.75) is 45.1 Å². The number of pyridine rings is 1. The van der Waals surface area contributed by atoms with Crippen LogP contribution in [0.5, 0.6) is 0 Å². The first-order valence-electron chi connectivity index (χ1n) is 9.32. The van der Waals surface area contributed by atoms with Crippen LogP contribution in [0.1, 0.15) is 43.4 Å². The van der Waals surface area contributed by atoms with E-state index in [1.165, 1.54) is 15.8 Å². The van der Waals surface area contributed by atoms with Gasteiger partial charge >= 0.3 is 0 Å². The van der Waals surface area contributed by atoms with Gasteiger partial charge in [-0.15, -0.1) is 5.10 Å². The number of carbonyl (C=O) groups excluding carboxylic acids is 1. The number of alkyl halides is 2. The predicted octanol–water partition coefficient (Wildman–Crippen LogP) is 2.64. The summed E-state index contributed by atoms with van der Waals surface area (Å²) in [6.45, 7) is 5.47. The number of carbonyl (C=O) groups is 1. The first-order chi connectivity index (χ1) is 13.6. The minimum absolute atomic E-state index is 0.0849. The summed E-state index contributed by atoms with van der Waals surface area (Å²) in [5.74, 6) is -2.16. The van der Waals surface area contributed by atoms with E-state index in [1.54, 1.807) is 18.3 Å². The number of anilines is 1. The average Bonchev–Trinajstić information content (AvgIpc) is 3.24. The van der Waals surface area contributed by atoms with Gasteiger partial charge in [-0.2, -0.15) is 0 Å². The van der Waals surface area contributed by atoms with Gasteiger partial charge in [0.25, 0.3) is 5.92 Å². The third kappa shape index (κ3) is 3.79. The van der Waals surface area contributed by atoms with Crippen LogP contribution in [0.2, 0.25) is 0 Å². The number of ketones is 1. The molecule has 4 rings (SSSR count). The zero-order valence-corrected chi connectivity index (χ0v) is 16.4. The van der Waals surface area contributed by atoms with E-state index >= 15 is 0 Å². The van der Waals surface area contributed by atoms with Crippen LogP contribution in [-0.2, 0) is 12.0 Å². The number of nitrogens with zero attached hydrogens (tertiary/aromatic N) is 7. The Morgan fingerprint density at radius 1 is 1.28 bits per heavy atom. The lowest BCUT2D eigenvalue weighted by Crippen LogP contribution is -2.27. The largest absolute Gasteiger partial charge is 0.348 e. The molecule has 3 aromatic heterocycles. The normalized spacial score (nSPS) is 16.5. The summed E-state index contributed by atoms with van der Waals surface area (Å²) in [5, 5.41) is 8.18. The first-order valence-corrected chi connectivity index (χ1v) is 9.32. The van der Waals surface area contributed by atoms with Gasteiger partial charge < -0.3 is 4.90 Å². The molecule has 10 heteroatoms. The topological polar surface area (TPSA) is 89.7 Å². The second-order valence-corrected chi connectivity index (χ2v) is 8.23. The Bertz CT molecular complexity index is 1060. The molecule has 0 aliphatic carbocycles. The molecule has 8 nitrogen and oxygen atoms in total. The van der Waals surface area contributed by atoms with Gasteiger partial charge in [-0.1, -0.05) is 26.0 Å². The fraction of sp³-hybridized carbons (Fsp3) is 0.474. The first kappa shape index (κ1) is 19.3. The fourth-order valence-corrected chi connectivity index (χ4v) is 3.18. The Kier molecular flexibility index (Phi) is 4.51. The molecule has 0 unspecified atom stereocenters. The Hall–Kier alpha value is -3.04. The third-order valence-electron chi connectivity index (χ3n) is 4.76. The molecule has 0 atom stereocenters. The molecule has 1 aliphatic rings. The SMILES string of the molecule is CC(C)(C)c1nc(N2CCC(F)(F)C2)c2nnn(CC(=O)c3cccnc3)c2n1. The summed E-state index contributed by atoms with van der Waals surface area (Å²) >= 11 is 0. The molecule has 1 saturated heterocycles. The zero-order valence-electron chi connectivity index (χ0n) is 16.4. The zero-order chi connectivity index (χ0) is 20.8. The minimum Gasteiger partial charge on any atom is -0.348 e. The maximum atomic E-state index is 13.8. The quantitative estimate of drug-likeness (QED) is 0.621. The second kappa shape index (κ2) is 6.78. The summed E-state index contributed by atoms with van der Waals surface area (Å²) in [5.41, 5.74) is 0.691. The van der Waals surface area contributed by atoms with E-state index in [2.05, 4.69) is 25.3 Å². The van der Waals surface area contributed by atoms with E-state index in [4.69, 9.17) is 0 Å². The number of rotatable bonds is 4. The van der Waals surface area contributed by atoms with Crippen molar-refractivity contribution >= 4 is 22.8 Å². The van der Waals surface area contributed by atoms with Crippen LogP contribution in [0.15, 0.2) is 24.5 Å². The Morgan fingerprint density at radius 3 is 2.69 bits per heavy atom. The van der Waals surface area contributed by atoms with Crippen molar-refractivity contribution in [3.63, 3.8) is 0 Å². The van der Waals surface area contributed by atoms with Crippen molar-refractivity contribution < 1.29 is 13.6 Å². The van der Waals surface area contributed by atoms with Crippen LogP contribution in [0.3, 0.4) is 0 Å². The number of fused-ring (bicyclic) bond motifs is 1. The summed E-state index contributed by atoms with van der Waals surface area (Å²) in [6.07, 6.45) is 2.83. The second-order valence-electron chi connectivity index (χ2n) is 8.23. The monoisotopic (exact) mass is 401 g/mol. The van der Waals surface area contributed by atoms with Crippen molar-refractivity contribution in [1.29, 1.82) is 0 Å². The lowest BCUT2D eigenvalue weighted by Gasteiger charge is -2.22. The molecule has 3 aromatic rings. The van der Waals surface area contributed by atoms with Crippen LogP contribution in [0.4, 0.5) is 14.6 Å². The highest BCUT2D eigenvalue weighted by molar-refractivity contribution is 5.96. The van der Waals surface area contributed by atoms with Gasteiger partial charge in [0.15, 0.2) is 22.8 Å². The van der Waals surface area contributed by atoms with Crippen molar-refractivity contribution in [2.75, 3.05) is 18.0 Å². The van der Waals surface area contributed by atoms with Crippen molar-refractivity contribution in [3.8, 4) is 0 Å². The lowest BCUT2D eigenvalue weighted by molar-refractivity contribution is 0.0257. The van der Waals surface area contributed by atoms with Gasteiger partial charge in [0, 0.05) is 36.3 Å². The maximum Gasteiger partial charge on any atom is 0.266 e. The van der Waals surface area contributed by atoms with Crippen molar-refractivity contribution in [2.24, 2.45) is 0 Å². The van der Waals surface area contributed by atoms with Crippen LogP contribution in [0, 0.1) is 0 Å². The molecule has 0 amide bonds. The van der Waals surface area contributed by atoms with E-state index < -0.39 is 17.9 Å². The Labute approximate surface area is 166 Å². The van der Waals surface area contributed by atoms with E-state index in [1.807, 2.05) is 20.8 Å². The number of Topliss-reactive ketones (excluding diaryl/α,β-unsaturated/α-hetero) is 1. The highest BCUT2D eigenvalue weighted by Gasteiger charge is 2.40. The number of hydrogen-bond acceptors (Lipinski definition) is 7. The average molecular weight is 401 g/mol. The van der Waals surface area contributed by atoms with Gasteiger partial charge in [0.2, 0.25) is 0 Å². The van der Waals surface area contributed by atoms with E-state index in [9.17, 15) is 13.6 Å². The van der Waals surface area contributed by atoms with Gasteiger partial charge in [-0.05, 0) is 12.1 Å². The van der Waals surface area contributed by atoms with Gasteiger partial charge in [-0.25, -0.2) is 23.4 Å². The molecule has 0 radical (unpaired) electrons. The van der Waals surface area contributed by atoms with E-state index in [0.717, 1.165) is 0 Å². The predicted molar refractivity (Wildman–Crippen MR) is 102 cm³/mol. The standard InChI is InChI=1S/C19H21F2N7O/c1-18(2,3)17-23-15(27-8-6-19(20,21)11-27)14-16(24-17)28(26-25-14)10-13(29)12-5-4-7-22-9-12/h4-5,7,9H,6,8,10-11H2,1-3H3. The Morgan fingerprint density at radius 2 is 2.07 bits per heavy atom. The van der Waals surface area contributed by atoms with Gasteiger partial charge in [0.05, 0.1) is 6.54 Å². The molecule has 0 saturated carbocycles. The maximum absolute atomic E-state index is 13.8. The highest BCUT2D eigenvalue weighted by atomic mass is 19.3. The highest BCUT2D eigenvalue weighted by Crippen LogP contribution is 2.34. The lowest BCUT2D eigenvalue weighted by atomic mass is 9.96. The molecule has 29 heavy (non-hydrogen) atoms. The van der Waals surface area contributed by atoms with Gasteiger partial charge in [0.1, 0.15) is 12.4 Å². The summed E-state index contributed by atoms with van der Waals surface area (Å²) in [7, 11) is 0. The molecule has 0 spiro atoms. The summed E-state index contributed by atoms with van der Waals surface area (Å²) in [6, 6.07) is 3.35. The molecule has 1 aliphatic heterocycles. The third-order valence-corrected chi connectivity index (χ3v) is 4.76. The molecule has 0 aromatic carbocycles. The molecule has 0 bridgehead atoms. The molecular weight excluding hydrogens is 380 g/mol. The van der Waals surface area contributed by atoms with Crippen LogP contribution in [0.25, 0.3) is 11.2 Å². The van der Waals surface area contributed by atoms with E-state index in [0.29, 0.717) is 28.4 Å². The molecule has 152 valence electrons. The van der Waals surface area contributed by atoms with Crippen molar-refractivity contribution in [3.05, 3.63) is 35.9 Å². The molecule has 0 N–H and O–H groups in total. The fourth-order valence-electron chi connectivity index (χ4n) is 3.18. The minimum atomic E-state index is -2.77. The summed E-state index contributed by atoms with van der Waals surface area (Å²) < 4.78 is 29.0. The van der Waals surface area contributed by atoms with Crippen LogP contribution >= 0.6 is 0 Å². The number of halogens is 2. The number of hydrogen-bond donors (Lipinski definition) is 0. The molecule has 4 heterocycles. The van der Waals surface area contributed by atoms with Crippen molar-refractivity contribution in [1.82, 2.24) is 29.9 Å². The smallest absolute Gasteiger partial charge is 0.266 e. The molecular formula is C19H21F2N7O. The van der Waals surface area contributed by atoms with Crippen LogP contribution < -0.4 is 4.90 Å². The van der Waals surface area contributed by atoms with Gasteiger partial charge in [-0.3, -0.25) is 9.78 Å². The molecule has 1 fully saturated rings. The number of aromatic nitrogens is 6.